The lowest BCUT2D eigenvalue weighted by atomic mass is 9.97. The molecule has 0 radical (unpaired) electrons. The summed E-state index contributed by atoms with van der Waals surface area (Å²) in [6, 6.07) is 8.17. The van der Waals surface area contributed by atoms with Gasteiger partial charge in [-0.15, -0.1) is 11.3 Å². The van der Waals surface area contributed by atoms with Gasteiger partial charge in [0, 0.05) is 30.1 Å². The molecule has 0 unspecified atom stereocenters. The summed E-state index contributed by atoms with van der Waals surface area (Å²) in [5.74, 6) is 1.13. The molecule has 1 fully saturated rings. The monoisotopic (exact) mass is 511 g/mol. The number of phenolic OH excluding ortho intramolecular Hbond substituents is 1. The Bertz CT molecular complexity index is 1270. The highest BCUT2D eigenvalue weighted by Gasteiger charge is 2.30. The molecule has 0 spiro atoms. The third-order valence-electron chi connectivity index (χ3n) is 6.28. The largest absolute Gasteiger partial charge is 0.508 e. The molecule has 36 heavy (non-hydrogen) atoms. The third-order valence-corrected chi connectivity index (χ3v) is 7.29. The number of nitrogens with one attached hydrogen (secondary N) is 1. The number of anilines is 1. The van der Waals surface area contributed by atoms with Crippen LogP contribution in [0.1, 0.15) is 50.2 Å². The number of carbonyl (C=O) groups excluding carboxylic acids is 2. The molecule has 9 nitrogen and oxygen atoms in total. The first kappa shape index (κ1) is 25.3. The Morgan fingerprint density at radius 1 is 1.06 bits per heavy atom. The number of aryl methyl sites for hydroxylation is 1. The first-order chi connectivity index (χ1) is 17.4. The van der Waals surface area contributed by atoms with Gasteiger partial charge in [0.1, 0.15) is 11.4 Å². The molecule has 2 heterocycles. The number of likely N-dealkylation sites (tertiary alicyclic amines) is 1. The number of rotatable bonds is 7. The van der Waals surface area contributed by atoms with Gasteiger partial charge >= 0.3 is 0 Å². The molecule has 3 aromatic rings. The van der Waals surface area contributed by atoms with Crippen molar-refractivity contribution in [3.8, 4) is 23.0 Å². The number of hydrogen-bond acceptors (Lipinski definition) is 8. The van der Waals surface area contributed by atoms with Gasteiger partial charge in [-0.3, -0.25) is 9.59 Å². The molecule has 2 N–H and O–H groups in total. The van der Waals surface area contributed by atoms with Crippen molar-refractivity contribution in [3.63, 3.8) is 0 Å². The minimum absolute atomic E-state index is 0.130. The summed E-state index contributed by atoms with van der Waals surface area (Å²) < 4.78 is 16.2. The highest BCUT2D eigenvalue weighted by atomic mass is 32.1. The van der Waals surface area contributed by atoms with E-state index in [9.17, 15) is 14.7 Å². The molecule has 1 aliphatic heterocycles. The lowest BCUT2D eigenvalue weighted by Crippen LogP contribution is -2.38. The summed E-state index contributed by atoms with van der Waals surface area (Å²) in [6.45, 7) is 2.94. The molecular formula is C26H29N3O6S. The van der Waals surface area contributed by atoms with Crippen molar-refractivity contribution >= 4 is 28.8 Å². The molecule has 10 heteroatoms. The SMILES string of the molecule is COc1ccc(C(=O)N2CCC(c3nc(C(=O)Nc4ccc(O)cc4C)cs3)CC2)c(OC)c1OC. The maximum absolute atomic E-state index is 13.3. The number of methoxy groups -OCH3 is 3. The molecule has 1 aliphatic rings. The van der Waals surface area contributed by atoms with E-state index in [1.165, 1.54) is 38.7 Å². The summed E-state index contributed by atoms with van der Waals surface area (Å²) in [7, 11) is 4.54. The second-order valence-electron chi connectivity index (χ2n) is 8.47. The van der Waals surface area contributed by atoms with Crippen LogP contribution >= 0.6 is 11.3 Å². The van der Waals surface area contributed by atoms with Crippen LogP contribution in [-0.4, -0.2) is 61.2 Å². The lowest BCUT2D eigenvalue weighted by Gasteiger charge is -2.31. The molecular weight excluding hydrogens is 482 g/mol. The topological polar surface area (TPSA) is 110 Å². The molecule has 4 rings (SSSR count). The maximum Gasteiger partial charge on any atom is 0.275 e. The van der Waals surface area contributed by atoms with Crippen molar-refractivity contribution in [3.05, 3.63) is 57.5 Å². The summed E-state index contributed by atoms with van der Waals surface area (Å²) in [5, 5.41) is 15.1. The fourth-order valence-corrected chi connectivity index (χ4v) is 5.29. The van der Waals surface area contributed by atoms with Crippen LogP contribution in [-0.2, 0) is 0 Å². The summed E-state index contributed by atoms with van der Waals surface area (Å²) in [6.07, 6.45) is 1.49. The number of aromatic nitrogens is 1. The van der Waals surface area contributed by atoms with Crippen molar-refractivity contribution in [2.24, 2.45) is 0 Å². The average molecular weight is 512 g/mol. The number of thiazole rings is 1. The molecule has 1 aromatic heterocycles. The van der Waals surface area contributed by atoms with E-state index in [2.05, 4.69) is 10.3 Å². The number of benzene rings is 2. The Morgan fingerprint density at radius 3 is 2.42 bits per heavy atom. The van der Waals surface area contributed by atoms with Gasteiger partial charge < -0.3 is 29.5 Å². The number of amides is 2. The van der Waals surface area contributed by atoms with E-state index in [0.717, 1.165) is 23.4 Å². The predicted molar refractivity (Wildman–Crippen MR) is 137 cm³/mol. The number of phenols is 1. The number of piperidine rings is 1. The van der Waals surface area contributed by atoms with Gasteiger partial charge in [-0.2, -0.15) is 0 Å². The molecule has 0 saturated carbocycles. The zero-order valence-electron chi connectivity index (χ0n) is 20.7. The van der Waals surface area contributed by atoms with E-state index in [1.807, 2.05) is 6.92 Å². The second-order valence-corrected chi connectivity index (χ2v) is 9.36. The van der Waals surface area contributed by atoms with Gasteiger partial charge in [0.15, 0.2) is 11.5 Å². The Morgan fingerprint density at radius 2 is 1.78 bits per heavy atom. The van der Waals surface area contributed by atoms with Crippen LogP contribution in [0.2, 0.25) is 0 Å². The highest BCUT2D eigenvalue weighted by molar-refractivity contribution is 7.10. The van der Waals surface area contributed by atoms with E-state index in [4.69, 9.17) is 14.2 Å². The summed E-state index contributed by atoms with van der Waals surface area (Å²) >= 11 is 1.46. The van der Waals surface area contributed by atoms with Crippen LogP contribution < -0.4 is 19.5 Å². The Balaban J connectivity index is 1.40. The van der Waals surface area contributed by atoms with Crippen LogP contribution in [0.5, 0.6) is 23.0 Å². The molecule has 0 atom stereocenters. The third kappa shape index (κ3) is 5.08. The van der Waals surface area contributed by atoms with Gasteiger partial charge in [-0.05, 0) is 55.7 Å². The fraction of sp³-hybridized carbons (Fsp3) is 0.346. The molecule has 1 saturated heterocycles. The van der Waals surface area contributed by atoms with E-state index in [0.29, 0.717) is 47.3 Å². The lowest BCUT2D eigenvalue weighted by molar-refractivity contribution is 0.0708. The number of aromatic hydroxyl groups is 1. The van der Waals surface area contributed by atoms with Crippen molar-refractivity contribution in [1.29, 1.82) is 0 Å². The molecule has 2 amide bonds. The minimum atomic E-state index is -0.292. The number of carbonyl (C=O) groups is 2. The number of ether oxygens (including phenoxy) is 3. The van der Waals surface area contributed by atoms with Gasteiger partial charge in [-0.25, -0.2) is 4.98 Å². The van der Waals surface area contributed by atoms with E-state index in [-0.39, 0.29) is 23.5 Å². The average Bonchev–Trinajstić information content (AvgIpc) is 3.39. The smallest absolute Gasteiger partial charge is 0.275 e. The van der Waals surface area contributed by atoms with Crippen LogP contribution in [0.4, 0.5) is 5.69 Å². The first-order valence-electron chi connectivity index (χ1n) is 11.5. The summed E-state index contributed by atoms with van der Waals surface area (Å²) in [5.41, 5.74) is 2.18. The van der Waals surface area contributed by atoms with E-state index in [1.54, 1.807) is 34.5 Å². The standard InChI is InChI=1S/C26H29N3O6S/c1-15-13-17(30)5-7-19(15)27-24(31)20-14-36-25(28-20)16-9-11-29(12-10-16)26(32)18-6-8-21(33-2)23(35-4)22(18)34-3/h5-8,13-14,16,30H,9-12H2,1-4H3,(H,27,31). The Kier molecular flexibility index (Phi) is 7.64. The Labute approximate surface area is 213 Å². The van der Waals surface area contributed by atoms with E-state index >= 15 is 0 Å². The van der Waals surface area contributed by atoms with Gasteiger partial charge in [0.2, 0.25) is 5.75 Å². The summed E-state index contributed by atoms with van der Waals surface area (Å²) in [4.78, 5) is 32.3. The molecule has 0 aliphatic carbocycles. The van der Waals surface area contributed by atoms with Gasteiger partial charge in [0.05, 0.1) is 31.9 Å². The van der Waals surface area contributed by atoms with Crippen LogP contribution in [0.25, 0.3) is 0 Å². The molecule has 190 valence electrons. The predicted octanol–water partition coefficient (Wildman–Crippen LogP) is 4.46. The molecule has 0 bridgehead atoms. The normalized spacial score (nSPS) is 13.8. The van der Waals surface area contributed by atoms with Crippen molar-refractivity contribution < 1.29 is 28.9 Å². The van der Waals surface area contributed by atoms with Crippen molar-refractivity contribution in [1.82, 2.24) is 9.88 Å². The first-order valence-corrected chi connectivity index (χ1v) is 12.4. The highest BCUT2D eigenvalue weighted by Crippen LogP contribution is 2.41. The number of nitrogens with zero attached hydrogens (tertiary/aromatic N) is 2. The van der Waals surface area contributed by atoms with Crippen LogP contribution in [0.3, 0.4) is 0 Å². The number of hydrogen-bond donors (Lipinski definition) is 2. The van der Waals surface area contributed by atoms with Gasteiger partial charge in [0.25, 0.3) is 11.8 Å². The second kappa shape index (κ2) is 10.9. The maximum atomic E-state index is 13.3. The quantitative estimate of drug-likeness (QED) is 0.451. The van der Waals surface area contributed by atoms with E-state index < -0.39 is 0 Å². The van der Waals surface area contributed by atoms with Crippen LogP contribution in [0, 0.1) is 6.92 Å². The van der Waals surface area contributed by atoms with Crippen molar-refractivity contribution in [2.75, 3.05) is 39.7 Å². The Hall–Kier alpha value is -3.79. The minimum Gasteiger partial charge on any atom is -0.508 e. The fourth-order valence-electron chi connectivity index (χ4n) is 4.32. The zero-order valence-corrected chi connectivity index (χ0v) is 21.5. The van der Waals surface area contributed by atoms with Gasteiger partial charge in [-0.1, -0.05) is 0 Å². The van der Waals surface area contributed by atoms with Crippen LogP contribution in [0.15, 0.2) is 35.7 Å². The van der Waals surface area contributed by atoms with Crippen molar-refractivity contribution in [2.45, 2.75) is 25.7 Å². The molecule has 2 aromatic carbocycles. The zero-order chi connectivity index (χ0) is 25.8.